The molecule has 0 aliphatic rings. The first-order chi connectivity index (χ1) is 9.81. The molecular formula is C18H39NO. The van der Waals surface area contributed by atoms with Gasteiger partial charge in [0.25, 0.3) is 0 Å². The van der Waals surface area contributed by atoms with Crippen LogP contribution in [0, 0.1) is 0 Å². The second-order valence-corrected chi connectivity index (χ2v) is 6.06. The summed E-state index contributed by atoms with van der Waals surface area (Å²) in [5.74, 6) is 0. The van der Waals surface area contributed by atoms with Gasteiger partial charge in [0, 0.05) is 6.61 Å². The summed E-state index contributed by atoms with van der Waals surface area (Å²) in [6.45, 7) is 5.19. The van der Waals surface area contributed by atoms with Gasteiger partial charge in [-0.1, -0.05) is 90.9 Å². The molecule has 0 aromatic rings. The lowest BCUT2D eigenvalue weighted by Crippen LogP contribution is -2.22. The van der Waals surface area contributed by atoms with Crippen LogP contribution in [0.2, 0.25) is 0 Å². The Labute approximate surface area is 127 Å². The highest BCUT2D eigenvalue weighted by Crippen LogP contribution is 2.12. The largest absolute Gasteiger partial charge is 0.364 e. The molecule has 0 fully saturated rings. The third kappa shape index (κ3) is 16.0. The molecule has 0 aliphatic heterocycles. The first kappa shape index (κ1) is 19.9. The summed E-state index contributed by atoms with van der Waals surface area (Å²) in [6.07, 6.45) is 19.0. The van der Waals surface area contributed by atoms with Gasteiger partial charge in [0.2, 0.25) is 0 Å². The molecule has 0 rings (SSSR count). The minimum absolute atomic E-state index is 0.0488. The molecule has 122 valence electrons. The van der Waals surface area contributed by atoms with Crippen molar-refractivity contribution in [3.8, 4) is 0 Å². The molecule has 20 heavy (non-hydrogen) atoms. The molecular weight excluding hydrogens is 246 g/mol. The molecule has 0 amide bonds. The topological polar surface area (TPSA) is 35.2 Å². The first-order valence-corrected chi connectivity index (χ1v) is 9.18. The van der Waals surface area contributed by atoms with Gasteiger partial charge < -0.3 is 10.5 Å². The van der Waals surface area contributed by atoms with Crippen LogP contribution in [0.4, 0.5) is 0 Å². The average Bonchev–Trinajstić information content (AvgIpc) is 2.47. The van der Waals surface area contributed by atoms with Gasteiger partial charge in [-0.05, 0) is 12.8 Å². The summed E-state index contributed by atoms with van der Waals surface area (Å²) in [5, 5.41) is 0. The molecule has 0 aliphatic carbocycles. The average molecular weight is 286 g/mol. The Morgan fingerprint density at radius 3 is 1.45 bits per heavy atom. The smallest absolute Gasteiger partial charge is 0.105 e. The SMILES string of the molecule is CCCCCCCCCCCCCCCOC(N)CC. The Balaban J connectivity index is 2.96. The number of ether oxygens (including phenoxy) is 1. The van der Waals surface area contributed by atoms with Gasteiger partial charge in [-0.3, -0.25) is 0 Å². The monoisotopic (exact) mass is 285 g/mol. The molecule has 0 saturated heterocycles. The first-order valence-electron chi connectivity index (χ1n) is 9.18. The van der Waals surface area contributed by atoms with Crippen LogP contribution in [0.15, 0.2) is 0 Å². The van der Waals surface area contributed by atoms with Crippen molar-refractivity contribution in [2.75, 3.05) is 6.61 Å². The zero-order valence-electron chi connectivity index (χ0n) is 14.2. The molecule has 2 nitrogen and oxygen atoms in total. The van der Waals surface area contributed by atoms with Crippen molar-refractivity contribution in [1.82, 2.24) is 0 Å². The van der Waals surface area contributed by atoms with Crippen molar-refractivity contribution >= 4 is 0 Å². The van der Waals surface area contributed by atoms with Crippen LogP contribution < -0.4 is 5.73 Å². The molecule has 0 radical (unpaired) electrons. The molecule has 0 heterocycles. The van der Waals surface area contributed by atoms with Crippen LogP contribution in [-0.4, -0.2) is 12.8 Å². The molecule has 0 spiro atoms. The fourth-order valence-corrected chi connectivity index (χ4v) is 2.47. The summed E-state index contributed by atoms with van der Waals surface area (Å²) in [6, 6.07) is 0. The van der Waals surface area contributed by atoms with Gasteiger partial charge >= 0.3 is 0 Å². The lowest BCUT2D eigenvalue weighted by Gasteiger charge is -2.09. The van der Waals surface area contributed by atoms with Crippen molar-refractivity contribution in [1.29, 1.82) is 0 Å². The van der Waals surface area contributed by atoms with Crippen molar-refractivity contribution in [2.24, 2.45) is 5.73 Å². The van der Waals surface area contributed by atoms with E-state index in [1.54, 1.807) is 0 Å². The maximum Gasteiger partial charge on any atom is 0.105 e. The van der Waals surface area contributed by atoms with Crippen molar-refractivity contribution < 1.29 is 4.74 Å². The summed E-state index contributed by atoms with van der Waals surface area (Å²) in [7, 11) is 0. The van der Waals surface area contributed by atoms with E-state index in [0.29, 0.717) is 0 Å². The summed E-state index contributed by atoms with van der Waals surface area (Å²) >= 11 is 0. The second kappa shape index (κ2) is 17.0. The van der Waals surface area contributed by atoms with Crippen LogP contribution in [0.1, 0.15) is 104 Å². The van der Waals surface area contributed by atoms with Gasteiger partial charge in [0.15, 0.2) is 0 Å². The molecule has 1 atom stereocenters. The van der Waals surface area contributed by atoms with E-state index in [-0.39, 0.29) is 6.23 Å². The third-order valence-electron chi connectivity index (χ3n) is 3.98. The second-order valence-electron chi connectivity index (χ2n) is 6.06. The zero-order valence-corrected chi connectivity index (χ0v) is 14.2. The number of nitrogens with two attached hydrogens (primary N) is 1. The van der Waals surface area contributed by atoms with Crippen LogP contribution in [0.5, 0.6) is 0 Å². The Morgan fingerprint density at radius 1 is 0.650 bits per heavy atom. The minimum atomic E-state index is -0.0488. The van der Waals surface area contributed by atoms with Crippen LogP contribution >= 0.6 is 0 Å². The normalized spacial score (nSPS) is 12.8. The maximum atomic E-state index is 5.70. The standard InChI is InChI=1S/C18H39NO/c1-3-5-6-7-8-9-10-11-12-13-14-15-16-17-20-18(19)4-2/h18H,3-17,19H2,1-2H3. The molecule has 0 aromatic carbocycles. The van der Waals surface area contributed by atoms with Crippen LogP contribution in [0.3, 0.4) is 0 Å². The fraction of sp³-hybridized carbons (Fsp3) is 1.00. The number of hydrogen-bond acceptors (Lipinski definition) is 2. The van der Waals surface area contributed by atoms with Crippen molar-refractivity contribution in [3.05, 3.63) is 0 Å². The molecule has 0 aromatic heterocycles. The quantitative estimate of drug-likeness (QED) is 0.288. The van der Waals surface area contributed by atoms with E-state index in [9.17, 15) is 0 Å². The Morgan fingerprint density at radius 2 is 1.05 bits per heavy atom. The Hall–Kier alpha value is -0.0800. The van der Waals surface area contributed by atoms with E-state index in [2.05, 4.69) is 13.8 Å². The minimum Gasteiger partial charge on any atom is -0.364 e. The highest BCUT2D eigenvalue weighted by molar-refractivity contribution is 4.49. The van der Waals surface area contributed by atoms with Gasteiger partial charge in [-0.15, -0.1) is 0 Å². The van der Waals surface area contributed by atoms with Crippen LogP contribution in [0.25, 0.3) is 0 Å². The van der Waals surface area contributed by atoms with Crippen molar-refractivity contribution in [2.45, 2.75) is 110 Å². The lowest BCUT2D eigenvalue weighted by molar-refractivity contribution is 0.0526. The molecule has 0 saturated carbocycles. The zero-order chi connectivity index (χ0) is 14.9. The molecule has 1 unspecified atom stereocenters. The lowest BCUT2D eigenvalue weighted by atomic mass is 10.0. The highest BCUT2D eigenvalue weighted by atomic mass is 16.5. The summed E-state index contributed by atoms with van der Waals surface area (Å²) in [5.41, 5.74) is 5.70. The van der Waals surface area contributed by atoms with E-state index < -0.39 is 0 Å². The van der Waals surface area contributed by atoms with E-state index in [0.717, 1.165) is 13.0 Å². The Kier molecular flexibility index (Phi) is 16.9. The predicted molar refractivity (Wildman–Crippen MR) is 89.9 cm³/mol. The van der Waals surface area contributed by atoms with Gasteiger partial charge in [0.05, 0.1) is 0 Å². The number of hydrogen-bond donors (Lipinski definition) is 1. The third-order valence-corrected chi connectivity index (χ3v) is 3.98. The van der Waals surface area contributed by atoms with Crippen molar-refractivity contribution in [3.63, 3.8) is 0 Å². The summed E-state index contributed by atoms with van der Waals surface area (Å²) in [4.78, 5) is 0. The molecule has 2 heteroatoms. The van der Waals surface area contributed by atoms with E-state index in [1.165, 1.54) is 83.5 Å². The number of rotatable bonds is 16. The molecule has 0 bridgehead atoms. The maximum absolute atomic E-state index is 5.70. The Bertz CT molecular complexity index is 173. The van der Waals surface area contributed by atoms with E-state index >= 15 is 0 Å². The number of unbranched alkanes of at least 4 members (excludes halogenated alkanes) is 12. The van der Waals surface area contributed by atoms with E-state index in [1.807, 2.05) is 0 Å². The summed E-state index contributed by atoms with van der Waals surface area (Å²) < 4.78 is 5.47. The highest BCUT2D eigenvalue weighted by Gasteiger charge is 1.97. The fourth-order valence-electron chi connectivity index (χ4n) is 2.47. The molecule has 2 N–H and O–H groups in total. The van der Waals surface area contributed by atoms with E-state index in [4.69, 9.17) is 10.5 Å². The van der Waals surface area contributed by atoms with Gasteiger partial charge in [-0.2, -0.15) is 0 Å². The van der Waals surface area contributed by atoms with Crippen LogP contribution in [-0.2, 0) is 4.74 Å². The van der Waals surface area contributed by atoms with Gasteiger partial charge in [0.1, 0.15) is 6.23 Å². The predicted octanol–water partition coefficient (Wildman–Crippen LogP) is 5.79. The van der Waals surface area contributed by atoms with Gasteiger partial charge in [-0.25, -0.2) is 0 Å².